The van der Waals surface area contributed by atoms with Crippen molar-refractivity contribution < 1.29 is 14.5 Å². The third-order valence-electron chi connectivity index (χ3n) is 3.15. The van der Waals surface area contributed by atoms with Crippen molar-refractivity contribution in [3.63, 3.8) is 0 Å². The van der Waals surface area contributed by atoms with E-state index in [2.05, 4.69) is 0 Å². The number of hydrogen-bond donors (Lipinski definition) is 0. The molecule has 1 aliphatic carbocycles. The molecule has 0 N–H and O–H groups in total. The molecule has 0 radical (unpaired) electrons. The summed E-state index contributed by atoms with van der Waals surface area (Å²) in [4.78, 5) is 21.7. The number of rotatable bonds is 4. The molecule has 0 heterocycles. The maximum absolute atomic E-state index is 11.3. The van der Waals surface area contributed by atoms with Gasteiger partial charge < -0.3 is 4.74 Å². The predicted molar refractivity (Wildman–Crippen MR) is 66.0 cm³/mol. The van der Waals surface area contributed by atoms with Gasteiger partial charge in [0.25, 0.3) is 5.69 Å². The van der Waals surface area contributed by atoms with Crippen LogP contribution in [0.15, 0.2) is 18.2 Å². The van der Waals surface area contributed by atoms with E-state index in [-0.39, 0.29) is 23.1 Å². The van der Waals surface area contributed by atoms with Gasteiger partial charge in [-0.2, -0.15) is 0 Å². The summed E-state index contributed by atoms with van der Waals surface area (Å²) in [5.41, 5.74) is -0.0585. The quantitative estimate of drug-likeness (QED) is 0.467. The van der Waals surface area contributed by atoms with Crippen LogP contribution in [0.1, 0.15) is 43.0 Å². The highest BCUT2D eigenvalue weighted by Crippen LogP contribution is 2.29. The Bertz CT molecular complexity index is 478. The van der Waals surface area contributed by atoms with Gasteiger partial charge in [-0.1, -0.05) is 0 Å². The zero-order valence-corrected chi connectivity index (χ0v) is 10.2. The third-order valence-corrected chi connectivity index (χ3v) is 3.15. The first-order chi connectivity index (χ1) is 8.58. The maximum atomic E-state index is 11.3. The Labute approximate surface area is 105 Å². The van der Waals surface area contributed by atoms with Crippen LogP contribution in [0.4, 0.5) is 5.69 Å². The average molecular weight is 249 g/mol. The number of Topliss-reactive ketones (excluding diaryl/α,β-unsaturated/α-hetero) is 1. The molecule has 18 heavy (non-hydrogen) atoms. The van der Waals surface area contributed by atoms with E-state index < -0.39 is 4.92 Å². The Morgan fingerprint density at radius 2 is 2.06 bits per heavy atom. The molecular weight excluding hydrogens is 234 g/mol. The maximum Gasteiger partial charge on any atom is 0.283 e. The van der Waals surface area contributed by atoms with E-state index in [9.17, 15) is 14.9 Å². The molecule has 0 aromatic heterocycles. The third kappa shape index (κ3) is 2.67. The second kappa shape index (κ2) is 5.16. The molecule has 0 amide bonds. The Morgan fingerprint density at radius 3 is 2.61 bits per heavy atom. The number of carbonyl (C=O) groups excluding carboxylic acids is 1. The molecule has 5 nitrogen and oxygen atoms in total. The van der Waals surface area contributed by atoms with Crippen molar-refractivity contribution in [2.24, 2.45) is 0 Å². The average Bonchev–Trinajstić information content (AvgIpc) is 2.81. The number of nitro groups is 1. The van der Waals surface area contributed by atoms with E-state index in [0.29, 0.717) is 5.75 Å². The molecule has 1 saturated carbocycles. The summed E-state index contributed by atoms with van der Waals surface area (Å²) in [5.74, 6) is 0.160. The summed E-state index contributed by atoms with van der Waals surface area (Å²) in [6.07, 6.45) is 4.40. The molecule has 1 aromatic carbocycles. The second-order valence-electron chi connectivity index (χ2n) is 4.52. The molecule has 0 atom stereocenters. The van der Waals surface area contributed by atoms with Gasteiger partial charge in [0.15, 0.2) is 5.78 Å². The summed E-state index contributed by atoms with van der Waals surface area (Å²) < 4.78 is 5.69. The minimum Gasteiger partial charge on any atom is -0.490 e. The molecule has 5 heteroatoms. The van der Waals surface area contributed by atoms with E-state index in [4.69, 9.17) is 4.74 Å². The van der Waals surface area contributed by atoms with Gasteiger partial charge in [-0.3, -0.25) is 14.9 Å². The Kier molecular flexibility index (Phi) is 3.60. The highest BCUT2D eigenvalue weighted by atomic mass is 16.6. The van der Waals surface area contributed by atoms with E-state index >= 15 is 0 Å². The van der Waals surface area contributed by atoms with E-state index in [1.807, 2.05) is 0 Å². The monoisotopic (exact) mass is 249 g/mol. The molecule has 2 rings (SSSR count). The van der Waals surface area contributed by atoms with Crippen LogP contribution >= 0.6 is 0 Å². The number of ketones is 1. The van der Waals surface area contributed by atoms with Gasteiger partial charge >= 0.3 is 0 Å². The van der Waals surface area contributed by atoms with Crippen LogP contribution in [-0.2, 0) is 0 Å². The van der Waals surface area contributed by atoms with Crippen molar-refractivity contribution in [2.45, 2.75) is 38.7 Å². The Balaban J connectivity index is 2.24. The van der Waals surface area contributed by atoms with Gasteiger partial charge in [0.2, 0.25) is 0 Å². The van der Waals surface area contributed by atoms with Gasteiger partial charge in [-0.25, -0.2) is 0 Å². The second-order valence-corrected chi connectivity index (χ2v) is 4.52. The molecule has 0 bridgehead atoms. The lowest BCUT2D eigenvalue weighted by Crippen LogP contribution is -2.11. The number of nitrogens with zero attached hydrogens (tertiary/aromatic N) is 1. The van der Waals surface area contributed by atoms with Gasteiger partial charge in [-0.15, -0.1) is 0 Å². The van der Waals surface area contributed by atoms with Crippen molar-refractivity contribution in [2.75, 3.05) is 0 Å². The molecule has 1 aliphatic rings. The lowest BCUT2D eigenvalue weighted by atomic mass is 10.1. The molecule has 96 valence electrons. The zero-order chi connectivity index (χ0) is 13.1. The van der Waals surface area contributed by atoms with Crippen LogP contribution in [0, 0.1) is 10.1 Å². The van der Waals surface area contributed by atoms with Crippen molar-refractivity contribution in [1.82, 2.24) is 0 Å². The first-order valence-corrected chi connectivity index (χ1v) is 6.04. The van der Waals surface area contributed by atoms with Crippen LogP contribution in [0.5, 0.6) is 5.75 Å². The number of ether oxygens (including phenoxy) is 1. The fourth-order valence-corrected chi connectivity index (χ4v) is 2.23. The van der Waals surface area contributed by atoms with Crippen LogP contribution in [-0.4, -0.2) is 16.8 Å². The molecule has 0 unspecified atom stereocenters. The van der Waals surface area contributed by atoms with Crippen molar-refractivity contribution in [3.05, 3.63) is 33.9 Å². The first kappa shape index (κ1) is 12.5. The topological polar surface area (TPSA) is 69.4 Å². The van der Waals surface area contributed by atoms with Crippen LogP contribution < -0.4 is 4.74 Å². The normalized spacial score (nSPS) is 15.6. The number of nitro benzene ring substituents is 1. The van der Waals surface area contributed by atoms with Crippen molar-refractivity contribution in [3.8, 4) is 5.75 Å². The summed E-state index contributed by atoms with van der Waals surface area (Å²) in [5, 5.41) is 10.9. The number of benzene rings is 1. The SMILES string of the molecule is CC(=O)c1ccc(OC2CCCC2)cc1[N+](=O)[O-]. The van der Waals surface area contributed by atoms with Crippen LogP contribution in [0.25, 0.3) is 0 Å². The number of hydrogen-bond acceptors (Lipinski definition) is 4. The zero-order valence-electron chi connectivity index (χ0n) is 10.2. The first-order valence-electron chi connectivity index (χ1n) is 6.04. The summed E-state index contributed by atoms with van der Waals surface area (Å²) in [6.45, 7) is 1.32. The largest absolute Gasteiger partial charge is 0.490 e. The standard InChI is InChI=1S/C13H15NO4/c1-9(15)12-7-6-11(8-13(12)14(16)17)18-10-4-2-3-5-10/h6-8,10H,2-5H2,1H3. The van der Waals surface area contributed by atoms with Crippen LogP contribution in [0.3, 0.4) is 0 Å². The van der Waals surface area contributed by atoms with E-state index in [1.165, 1.54) is 19.1 Å². The summed E-state index contributed by atoms with van der Waals surface area (Å²) >= 11 is 0. The molecule has 0 spiro atoms. The highest BCUT2D eigenvalue weighted by molar-refractivity contribution is 5.98. The van der Waals surface area contributed by atoms with E-state index in [0.717, 1.165) is 25.7 Å². The lowest BCUT2D eigenvalue weighted by Gasteiger charge is -2.13. The molecule has 1 fully saturated rings. The van der Waals surface area contributed by atoms with Gasteiger partial charge in [0.05, 0.1) is 22.7 Å². The van der Waals surface area contributed by atoms with Crippen molar-refractivity contribution in [1.29, 1.82) is 0 Å². The fourth-order valence-electron chi connectivity index (χ4n) is 2.23. The number of carbonyl (C=O) groups is 1. The summed E-state index contributed by atoms with van der Waals surface area (Å²) in [6, 6.07) is 4.43. The Hall–Kier alpha value is -1.91. The Morgan fingerprint density at radius 1 is 1.39 bits per heavy atom. The lowest BCUT2D eigenvalue weighted by molar-refractivity contribution is -0.385. The van der Waals surface area contributed by atoms with Gasteiger partial charge in [0, 0.05) is 0 Å². The smallest absolute Gasteiger partial charge is 0.283 e. The van der Waals surface area contributed by atoms with Gasteiger partial charge in [0.1, 0.15) is 5.75 Å². The van der Waals surface area contributed by atoms with Crippen LogP contribution in [0.2, 0.25) is 0 Å². The summed E-state index contributed by atoms with van der Waals surface area (Å²) in [7, 11) is 0. The molecular formula is C13H15NO4. The minimum absolute atomic E-state index is 0.124. The van der Waals surface area contributed by atoms with E-state index in [1.54, 1.807) is 6.07 Å². The highest BCUT2D eigenvalue weighted by Gasteiger charge is 2.21. The van der Waals surface area contributed by atoms with Gasteiger partial charge in [-0.05, 0) is 44.7 Å². The van der Waals surface area contributed by atoms with Crippen molar-refractivity contribution >= 4 is 11.5 Å². The minimum atomic E-state index is -0.543. The fraction of sp³-hybridized carbons (Fsp3) is 0.462. The molecule has 0 aliphatic heterocycles. The molecule has 0 saturated heterocycles. The molecule has 1 aromatic rings. The predicted octanol–water partition coefficient (Wildman–Crippen LogP) is 3.12.